The van der Waals surface area contributed by atoms with Crippen LogP contribution in [-0.2, 0) is 11.2 Å². The molecule has 0 aliphatic heterocycles. The van der Waals surface area contributed by atoms with Crippen molar-refractivity contribution < 1.29 is 4.79 Å². The van der Waals surface area contributed by atoms with Gasteiger partial charge in [0.15, 0.2) is 5.65 Å². The van der Waals surface area contributed by atoms with E-state index in [2.05, 4.69) is 15.4 Å². The minimum Gasteiger partial charge on any atom is -0.325 e. The Hall–Kier alpha value is -2.58. The average Bonchev–Trinajstić information content (AvgIpc) is 3.14. The predicted octanol–water partition coefficient (Wildman–Crippen LogP) is 5.96. The Balaban J connectivity index is 1.80. The first kappa shape index (κ1) is 24.5. The Morgan fingerprint density at radius 2 is 1.76 bits per heavy atom. The first-order valence-corrected chi connectivity index (χ1v) is 12.0. The van der Waals surface area contributed by atoms with E-state index in [1.165, 1.54) is 4.68 Å². The molecule has 34 heavy (non-hydrogen) atoms. The van der Waals surface area contributed by atoms with Crippen LogP contribution in [0.15, 0.2) is 41.2 Å². The summed E-state index contributed by atoms with van der Waals surface area (Å²) in [6.45, 7) is 3.88. The molecule has 0 bridgehead atoms. The molecule has 0 unspecified atom stereocenters. The molecule has 0 atom stereocenters. The zero-order valence-electron chi connectivity index (χ0n) is 18.1. The maximum atomic E-state index is 13.1. The van der Waals surface area contributed by atoms with Gasteiger partial charge in [0.25, 0.3) is 5.56 Å². The highest BCUT2D eigenvalue weighted by Crippen LogP contribution is 2.34. The van der Waals surface area contributed by atoms with Crippen molar-refractivity contribution in [2.24, 2.45) is 0 Å². The number of hydrogen-bond acceptors (Lipinski definition) is 4. The Morgan fingerprint density at radius 3 is 2.35 bits per heavy atom. The normalized spacial score (nSPS) is 11.4. The second kappa shape index (κ2) is 9.96. The molecular formula is C23H19Cl4N5O2. The molecule has 4 aromatic rings. The number of halogens is 4. The number of H-pyrrole nitrogens is 1. The van der Waals surface area contributed by atoms with Crippen LogP contribution in [0.4, 0.5) is 5.69 Å². The zero-order valence-corrected chi connectivity index (χ0v) is 21.1. The number of rotatable bonds is 6. The first-order valence-electron chi connectivity index (χ1n) is 10.3. The van der Waals surface area contributed by atoms with Crippen molar-refractivity contribution >= 4 is 69.0 Å². The number of hydrogen-bond donors (Lipinski definition) is 2. The molecule has 176 valence electrons. The van der Waals surface area contributed by atoms with Gasteiger partial charge in [-0.15, -0.1) is 11.6 Å². The van der Waals surface area contributed by atoms with Gasteiger partial charge in [-0.25, -0.2) is 9.67 Å². The van der Waals surface area contributed by atoms with Gasteiger partial charge in [0, 0.05) is 17.1 Å². The lowest BCUT2D eigenvalue weighted by Gasteiger charge is -2.09. The SMILES string of the molecule is CC(C)c1nn(-c2c(Cl)cc(Cl)cc2Cl)c2nc(Cc3ccc(NC(=O)CCl)cc3)[nH]c(=O)c12. The van der Waals surface area contributed by atoms with Crippen molar-refractivity contribution in [2.45, 2.75) is 26.2 Å². The highest BCUT2D eigenvalue weighted by atomic mass is 35.5. The van der Waals surface area contributed by atoms with Gasteiger partial charge in [0.05, 0.1) is 15.7 Å². The largest absolute Gasteiger partial charge is 0.325 e. The van der Waals surface area contributed by atoms with Crippen LogP contribution in [0, 0.1) is 0 Å². The van der Waals surface area contributed by atoms with Crippen LogP contribution in [0.2, 0.25) is 15.1 Å². The Morgan fingerprint density at radius 1 is 1.12 bits per heavy atom. The number of alkyl halides is 1. The smallest absolute Gasteiger partial charge is 0.262 e. The van der Waals surface area contributed by atoms with Gasteiger partial charge >= 0.3 is 0 Å². The van der Waals surface area contributed by atoms with Gasteiger partial charge in [-0.05, 0) is 35.7 Å². The lowest BCUT2D eigenvalue weighted by atomic mass is 10.1. The van der Waals surface area contributed by atoms with Crippen LogP contribution in [-0.4, -0.2) is 31.5 Å². The van der Waals surface area contributed by atoms with Crippen molar-refractivity contribution in [3.05, 3.63) is 78.9 Å². The number of anilines is 1. The molecule has 2 heterocycles. The average molecular weight is 539 g/mol. The Kier molecular flexibility index (Phi) is 7.19. The molecule has 0 saturated heterocycles. The number of aromatic nitrogens is 4. The minimum atomic E-state index is -0.304. The third-order valence-corrected chi connectivity index (χ3v) is 6.12. The molecule has 4 rings (SSSR count). The highest BCUT2D eigenvalue weighted by Gasteiger charge is 2.23. The quantitative estimate of drug-likeness (QED) is 0.296. The standard InChI is InChI=1S/C23H19Cl4N5O2/c1-11(2)20-19-22(32(31-20)21-15(26)8-13(25)9-16(21)27)29-17(30-23(19)34)7-12-3-5-14(6-4-12)28-18(33)10-24/h3-6,8-9,11H,7,10H2,1-2H3,(H,28,33)(H,29,30,34). The van der Waals surface area contributed by atoms with Crippen LogP contribution in [0.1, 0.15) is 36.8 Å². The van der Waals surface area contributed by atoms with Gasteiger partial charge < -0.3 is 10.3 Å². The van der Waals surface area contributed by atoms with Gasteiger partial charge in [0.1, 0.15) is 22.8 Å². The number of benzene rings is 2. The maximum Gasteiger partial charge on any atom is 0.262 e. The summed E-state index contributed by atoms with van der Waals surface area (Å²) in [4.78, 5) is 32.1. The fraction of sp³-hybridized carbons (Fsp3) is 0.217. The molecule has 1 amide bonds. The van der Waals surface area contributed by atoms with Gasteiger partial charge in [-0.1, -0.05) is 60.8 Å². The number of carbonyl (C=O) groups is 1. The Labute approximate surface area is 215 Å². The van der Waals surface area contributed by atoms with Crippen molar-refractivity contribution in [2.75, 3.05) is 11.2 Å². The van der Waals surface area contributed by atoms with E-state index in [-0.39, 0.29) is 33.3 Å². The summed E-state index contributed by atoms with van der Waals surface area (Å²) < 4.78 is 1.50. The molecule has 0 fully saturated rings. The molecule has 11 heteroatoms. The molecule has 2 aromatic carbocycles. The van der Waals surface area contributed by atoms with Gasteiger partial charge in [-0.2, -0.15) is 5.10 Å². The number of aromatic amines is 1. The summed E-state index contributed by atoms with van der Waals surface area (Å²) in [7, 11) is 0. The number of nitrogens with one attached hydrogen (secondary N) is 2. The zero-order chi connectivity index (χ0) is 24.6. The fourth-order valence-corrected chi connectivity index (χ4v) is 4.61. The van der Waals surface area contributed by atoms with Crippen LogP contribution >= 0.6 is 46.4 Å². The van der Waals surface area contributed by atoms with Gasteiger partial charge in [0.2, 0.25) is 5.91 Å². The van der Waals surface area contributed by atoms with E-state index >= 15 is 0 Å². The molecule has 0 saturated carbocycles. The number of fused-ring (bicyclic) bond motifs is 1. The fourth-order valence-electron chi connectivity index (χ4n) is 3.57. The number of amides is 1. The van der Waals surface area contributed by atoms with Gasteiger partial charge in [-0.3, -0.25) is 9.59 Å². The van der Waals surface area contributed by atoms with Crippen molar-refractivity contribution in [3.8, 4) is 5.69 Å². The molecule has 0 aliphatic carbocycles. The predicted molar refractivity (Wildman–Crippen MR) is 137 cm³/mol. The van der Waals surface area contributed by atoms with E-state index in [0.717, 1.165) is 5.56 Å². The molecule has 0 spiro atoms. The van der Waals surface area contributed by atoms with E-state index in [0.29, 0.717) is 45.4 Å². The van der Waals surface area contributed by atoms with Crippen LogP contribution < -0.4 is 10.9 Å². The summed E-state index contributed by atoms with van der Waals surface area (Å²) in [5.74, 6) is -0.0222. The first-order chi connectivity index (χ1) is 16.2. The van der Waals surface area contributed by atoms with E-state index in [1.54, 1.807) is 24.3 Å². The van der Waals surface area contributed by atoms with Crippen LogP contribution in [0.3, 0.4) is 0 Å². The van der Waals surface area contributed by atoms with Crippen LogP contribution in [0.25, 0.3) is 16.7 Å². The highest BCUT2D eigenvalue weighted by molar-refractivity contribution is 6.40. The monoisotopic (exact) mass is 537 g/mol. The number of nitrogens with zero attached hydrogens (tertiary/aromatic N) is 3. The second-order valence-corrected chi connectivity index (χ2v) is 9.45. The van der Waals surface area contributed by atoms with Crippen LogP contribution in [0.5, 0.6) is 0 Å². The summed E-state index contributed by atoms with van der Waals surface area (Å²) in [5.41, 5.74) is 2.52. The Bertz CT molecular complexity index is 1420. The van der Waals surface area contributed by atoms with Crippen molar-refractivity contribution in [1.82, 2.24) is 19.7 Å². The summed E-state index contributed by atoms with van der Waals surface area (Å²) in [6, 6.07) is 10.3. The number of carbonyl (C=O) groups excluding carboxylic acids is 1. The third-order valence-electron chi connectivity index (χ3n) is 5.08. The maximum absolute atomic E-state index is 13.1. The summed E-state index contributed by atoms with van der Waals surface area (Å²) in [5, 5.41) is 8.65. The van der Waals surface area contributed by atoms with E-state index in [1.807, 2.05) is 26.0 Å². The summed E-state index contributed by atoms with van der Waals surface area (Å²) in [6.07, 6.45) is 0.346. The van der Waals surface area contributed by atoms with Crippen molar-refractivity contribution in [3.63, 3.8) is 0 Å². The molecule has 0 aliphatic rings. The van der Waals surface area contributed by atoms with E-state index in [4.69, 9.17) is 51.4 Å². The molecule has 7 nitrogen and oxygen atoms in total. The lowest BCUT2D eigenvalue weighted by Crippen LogP contribution is -2.14. The van der Waals surface area contributed by atoms with Crippen molar-refractivity contribution in [1.29, 1.82) is 0 Å². The third kappa shape index (κ3) is 4.93. The topological polar surface area (TPSA) is 92.7 Å². The minimum absolute atomic E-state index is 0.0434. The van der Waals surface area contributed by atoms with E-state index in [9.17, 15) is 9.59 Å². The molecular weight excluding hydrogens is 520 g/mol. The second-order valence-electron chi connectivity index (χ2n) is 7.94. The van der Waals surface area contributed by atoms with E-state index < -0.39 is 0 Å². The lowest BCUT2D eigenvalue weighted by molar-refractivity contribution is -0.113. The molecule has 0 radical (unpaired) electrons. The summed E-state index contributed by atoms with van der Waals surface area (Å²) >= 11 is 24.5. The molecule has 2 N–H and O–H groups in total. The molecule has 2 aromatic heterocycles.